The molecule has 1 unspecified atom stereocenters. The van der Waals surface area contributed by atoms with Gasteiger partial charge in [-0.1, -0.05) is 20.8 Å². The molecule has 0 saturated heterocycles. The second-order valence-corrected chi connectivity index (χ2v) is 5.86. The Morgan fingerprint density at radius 3 is 2.67 bits per heavy atom. The van der Waals surface area contributed by atoms with E-state index in [1.165, 1.54) is 18.2 Å². The van der Waals surface area contributed by atoms with Crippen molar-refractivity contribution < 1.29 is 14.3 Å². The van der Waals surface area contributed by atoms with E-state index < -0.39 is 18.0 Å². The summed E-state index contributed by atoms with van der Waals surface area (Å²) in [5, 5.41) is 23.6. The third-order valence-corrected chi connectivity index (χ3v) is 3.07. The Morgan fingerprint density at radius 1 is 1.43 bits per heavy atom. The number of aliphatic hydroxyl groups is 1. The van der Waals surface area contributed by atoms with Gasteiger partial charge in [0.05, 0.1) is 17.7 Å². The van der Waals surface area contributed by atoms with Crippen molar-refractivity contribution in [2.75, 3.05) is 6.54 Å². The van der Waals surface area contributed by atoms with E-state index in [9.17, 15) is 14.3 Å². The highest BCUT2D eigenvalue weighted by Crippen LogP contribution is 2.18. The summed E-state index contributed by atoms with van der Waals surface area (Å²) in [4.78, 5) is 11.6. The first-order valence-electron chi connectivity index (χ1n) is 6.62. The lowest BCUT2D eigenvalue weighted by molar-refractivity contribution is 0.0650. The number of carbonyl (C=O) groups is 1. The number of benzene rings is 1. The second-order valence-electron chi connectivity index (χ2n) is 5.86. The number of nitriles is 1. The Labute approximate surface area is 123 Å². The van der Waals surface area contributed by atoms with Crippen LogP contribution in [-0.4, -0.2) is 23.8 Å². The number of nitrogens with zero attached hydrogens (tertiary/aromatic N) is 1. The average molecular weight is 293 g/mol. The van der Waals surface area contributed by atoms with Crippen molar-refractivity contribution >= 4 is 6.03 Å². The van der Waals surface area contributed by atoms with Gasteiger partial charge in [-0.25, -0.2) is 9.18 Å². The molecule has 0 bridgehead atoms. The Bertz CT molecular complexity index is 547. The van der Waals surface area contributed by atoms with Crippen molar-refractivity contribution in [3.05, 3.63) is 35.1 Å². The van der Waals surface area contributed by atoms with Crippen molar-refractivity contribution in [2.24, 2.45) is 5.41 Å². The summed E-state index contributed by atoms with van der Waals surface area (Å²) in [7, 11) is 0. The molecule has 3 N–H and O–H groups in total. The maximum Gasteiger partial charge on any atom is 0.315 e. The van der Waals surface area contributed by atoms with E-state index in [0.29, 0.717) is 5.56 Å². The monoisotopic (exact) mass is 293 g/mol. The van der Waals surface area contributed by atoms with E-state index in [1.54, 1.807) is 0 Å². The van der Waals surface area contributed by atoms with Gasteiger partial charge in [0.15, 0.2) is 0 Å². The molecule has 0 aromatic heterocycles. The number of carbonyl (C=O) groups excluding carboxylic acids is 1. The minimum absolute atomic E-state index is 0.0290. The van der Waals surface area contributed by atoms with Crippen LogP contribution in [0.1, 0.15) is 31.9 Å². The number of hydrogen-bond acceptors (Lipinski definition) is 3. The SMILES string of the molecule is CC(C)(C)C(O)CNC(=O)NCc1cc(C#N)ccc1F. The lowest BCUT2D eigenvalue weighted by Crippen LogP contribution is -2.43. The number of urea groups is 1. The predicted molar refractivity (Wildman–Crippen MR) is 76.8 cm³/mol. The fourth-order valence-corrected chi connectivity index (χ4v) is 1.51. The van der Waals surface area contributed by atoms with Gasteiger partial charge in [-0.2, -0.15) is 5.26 Å². The molecule has 6 heteroatoms. The van der Waals surface area contributed by atoms with E-state index >= 15 is 0 Å². The van der Waals surface area contributed by atoms with Crippen LogP contribution in [0.25, 0.3) is 0 Å². The fourth-order valence-electron chi connectivity index (χ4n) is 1.51. The first-order chi connectivity index (χ1) is 9.74. The summed E-state index contributed by atoms with van der Waals surface area (Å²) in [6.07, 6.45) is -0.679. The third-order valence-electron chi connectivity index (χ3n) is 3.07. The van der Waals surface area contributed by atoms with Gasteiger partial charge >= 0.3 is 6.03 Å². The van der Waals surface area contributed by atoms with Gasteiger partial charge in [-0.05, 0) is 23.6 Å². The zero-order chi connectivity index (χ0) is 16.0. The number of rotatable bonds is 4. The summed E-state index contributed by atoms with van der Waals surface area (Å²) < 4.78 is 13.5. The summed E-state index contributed by atoms with van der Waals surface area (Å²) in [6.45, 7) is 5.66. The van der Waals surface area contributed by atoms with Gasteiger partial charge in [-0.3, -0.25) is 0 Å². The number of halogens is 1. The molecule has 1 rings (SSSR count). The topological polar surface area (TPSA) is 85.2 Å². The van der Waals surface area contributed by atoms with E-state index in [0.717, 1.165) is 0 Å². The first-order valence-corrected chi connectivity index (χ1v) is 6.62. The van der Waals surface area contributed by atoms with Crippen molar-refractivity contribution in [3.63, 3.8) is 0 Å². The van der Waals surface area contributed by atoms with Gasteiger partial charge in [-0.15, -0.1) is 0 Å². The molecule has 0 spiro atoms. The number of amides is 2. The molecule has 0 saturated carbocycles. The van der Waals surface area contributed by atoms with Gasteiger partial charge in [0, 0.05) is 18.7 Å². The quantitative estimate of drug-likeness (QED) is 0.792. The Balaban J connectivity index is 2.49. The molecule has 114 valence electrons. The molecular weight excluding hydrogens is 273 g/mol. The normalized spacial score (nSPS) is 12.4. The Morgan fingerprint density at radius 2 is 2.10 bits per heavy atom. The molecule has 0 aliphatic heterocycles. The molecule has 1 aromatic carbocycles. The molecule has 0 fully saturated rings. The first kappa shape index (κ1) is 16.9. The van der Waals surface area contributed by atoms with Gasteiger partial charge in [0.25, 0.3) is 0 Å². The highest BCUT2D eigenvalue weighted by atomic mass is 19.1. The lowest BCUT2D eigenvalue weighted by atomic mass is 9.89. The van der Waals surface area contributed by atoms with E-state index in [-0.39, 0.29) is 24.1 Å². The van der Waals surface area contributed by atoms with Crippen LogP contribution in [0, 0.1) is 22.6 Å². The summed E-state index contributed by atoms with van der Waals surface area (Å²) in [5.41, 5.74) is 0.234. The van der Waals surface area contributed by atoms with Crippen LogP contribution < -0.4 is 10.6 Å². The number of aliphatic hydroxyl groups excluding tert-OH is 1. The van der Waals surface area contributed by atoms with Crippen LogP contribution in [0.4, 0.5) is 9.18 Å². The van der Waals surface area contributed by atoms with Gasteiger partial charge < -0.3 is 15.7 Å². The molecule has 0 aliphatic carbocycles. The highest BCUT2D eigenvalue weighted by Gasteiger charge is 2.22. The molecule has 21 heavy (non-hydrogen) atoms. The molecule has 2 amide bonds. The second kappa shape index (κ2) is 7.04. The molecule has 1 atom stereocenters. The Hall–Kier alpha value is -2.13. The van der Waals surface area contributed by atoms with Crippen LogP contribution in [-0.2, 0) is 6.54 Å². The minimum Gasteiger partial charge on any atom is -0.391 e. The third kappa shape index (κ3) is 5.40. The predicted octanol–water partition coefficient (Wildman–Crippen LogP) is 1.90. The molecular formula is C15H20FN3O2. The maximum atomic E-state index is 13.5. The van der Waals surface area contributed by atoms with Crippen molar-refractivity contribution in [1.29, 1.82) is 5.26 Å². The molecule has 0 aliphatic rings. The van der Waals surface area contributed by atoms with E-state index in [2.05, 4.69) is 10.6 Å². The summed E-state index contributed by atoms with van der Waals surface area (Å²) in [5.74, 6) is -0.482. The largest absolute Gasteiger partial charge is 0.391 e. The van der Waals surface area contributed by atoms with E-state index in [4.69, 9.17) is 5.26 Å². The van der Waals surface area contributed by atoms with Crippen LogP contribution in [0.3, 0.4) is 0 Å². The molecule has 0 heterocycles. The smallest absolute Gasteiger partial charge is 0.315 e. The maximum absolute atomic E-state index is 13.5. The zero-order valence-corrected chi connectivity index (χ0v) is 12.4. The standard InChI is InChI=1S/C15H20FN3O2/c1-15(2,3)13(20)9-19-14(21)18-8-11-6-10(7-17)4-5-12(11)16/h4-6,13,20H,8-9H2,1-3H3,(H2,18,19,21). The zero-order valence-electron chi connectivity index (χ0n) is 12.4. The van der Waals surface area contributed by atoms with Crippen LogP contribution in [0.15, 0.2) is 18.2 Å². The van der Waals surface area contributed by atoms with Crippen molar-refractivity contribution in [2.45, 2.75) is 33.4 Å². The fraction of sp³-hybridized carbons (Fsp3) is 0.467. The minimum atomic E-state index is -0.679. The average Bonchev–Trinajstić information content (AvgIpc) is 2.42. The summed E-state index contributed by atoms with van der Waals surface area (Å²) in [6, 6.07) is 5.36. The summed E-state index contributed by atoms with van der Waals surface area (Å²) >= 11 is 0. The van der Waals surface area contributed by atoms with Crippen LogP contribution in [0.5, 0.6) is 0 Å². The van der Waals surface area contributed by atoms with E-state index in [1.807, 2.05) is 26.8 Å². The van der Waals surface area contributed by atoms with Gasteiger partial charge in [0.2, 0.25) is 0 Å². The number of hydrogen-bond donors (Lipinski definition) is 3. The Kier molecular flexibility index (Phi) is 5.68. The van der Waals surface area contributed by atoms with Gasteiger partial charge in [0.1, 0.15) is 5.82 Å². The van der Waals surface area contributed by atoms with Crippen molar-refractivity contribution in [3.8, 4) is 6.07 Å². The van der Waals surface area contributed by atoms with Crippen LogP contribution >= 0.6 is 0 Å². The number of nitrogens with one attached hydrogen (secondary N) is 2. The molecule has 5 nitrogen and oxygen atoms in total. The molecule has 1 aromatic rings. The molecule has 0 radical (unpaired) electrons. The lowest BCUT2D eigenvalue weighted by Gasteiger charge is -2.25. The van der Waals surface area contributed by atoms with Crippen molar-refractivity contribution in [1.82, 2.24) is 10.6 Å². The highest BCUT2D eigenvalue weighted by molar-refractivity contribution is 5.73. The van der Waals surface area contributed by atoms with Crippen LogP contribution in [0.2, 0.25) is 0 Å².